The second kappa shape index (κ2) is 15.8. The highest BCUT2D eigenvalue weighted by Crippen LogP contribution is 2.18. The molecule has 0 bridgehead atoms. The molecule has 0 radical (unpaired) electrons. The van der Waals surface area contributed by atoms with Crippen molar-refractivity contribution in [3.8, 4) is 11.5 Å². The van der Waals surface area contributed by atoms with Gasteiger partial charge in [0.1, 0.15) is 28.7 Å². The van der Waals surface area contributed by atoms with Gasteiger partial charge in [0.05, 0.1) is 7.11 Å². The van der Waals surface area contributed by atoms with Gasteiger partial charge < -0.3 is 34.3 Å². The van der Waals surface area contributed by atoms with Crippen LogP contribution in [0, 0.1) is 0 Å². The van der Waals surface area contributed by atoms with E-state index in [1.54, 1.807) is 96.1 Å². The molecule has 2 N–H and O–H groups in total. The number of ether oxygens (including phenoxy) is 5. The summed E-state index contributed by atoms with van der Waals surface area (Å²) in [6, 6.07) is 16.0. The summed E-state index contributed by atoms with van der Waals surface area (Å²) < 4.78 is 27.2. The van der Waals surface area contributed by atoms with Gasteiger partial charge in [-0.05, 0) is 90.2 Å². The van der Waals surface area contributed by atoms with E-state index in [-0.39, 0.29) is 22.5 Å². The zero-order valence-electron chi connectivity index (χ0n) is 25.2. The number of amides is 2. The molecule has 11 nitrogen and oxygen atoms in total. The van der Waals surface area contributed by atoms with Gasteiger partial charge in [0.25, 0.3) is 10.3 Å². The molecule has 2 amide bonds. The number of methoxy groups -OCH3 is 1. The van der Waals surface area contributed by atoms with Crippen LogP contribution in [0.1, 0.15) is 48.0 Å². The predicted octanol–water partition coefficient (Wildman–Crippen LogP) is 5.84. The molecule has 0 aliphatic rings. The van der Waals surface area contributed by atoms with Crippen LogP contribution in [0.4, 0.5) is 9.59 Å². The van der Waals surface area contributed by atoms with Crippen molar-refractivity contribution >= 4 is 52.9 Å². The summed E-state index contributed by atoms with van der Waals surface area (Å²) in [5.74, 6) is 0.00833. The number of nitrogens with zero attached hydrogens (tertiary/aromatic N) is 1. The molecule has 0 aromatic heterocycles. The summed E-state index contributed by atoms with van der Waals surface area (Å²) in [5.41, 5.74) is -1.61. The van der Waals surface area contributed by atoms with Gasteiger partial charge in [0.2, 0.25) is 0 Å². The summed E-state index contributed by atoms with van der Waals surface area (Å²) >= 11 is 10.9. The highest BCUT2D eigenvalue weighted by molar-refractivity contribution is 7.80. The zero-order chi connectivity index (χ0) is 32.2. The minimum absolute atomic E-state index is 0.109. The Morgan fingerprint density at radius 3 is 1.84 bits per heavy atom. The number of benzene rings is 2. The monoisotopic (exact) mass is 631 g/mol. The van der Waals surface area contributed by atoms with Gasteiger partial charge in [-0.25, -0.2) is 19.3 Å². The first-order valence-electron chi connectivity index (χ1n) is 13.2. The van der Waals surface area contributed by atoms with E-state index in [9.17, 15) is 14.4 Å². The lowest BCUT2D eigenvalue weighted by molar-refractivity contribution is -0.143. The molecule has 0 aliphatic carbocycles. The summed E-state index contributed by atoms with van der Waals surface area (Å²) in [6.45, 7) is 10.1. The van der Waals surface area contributed by atoms with Crippen LogP contribution in [0.25, 0.3) is 0 Å². The number of alkyl carbamates (subject to hydrolysis) is 1. The summed E-state index contributed by atoms with van der Waals surface area (Å²) in [7, 11) is 1.17. The normalized spacial score (nSPS) is 12.2. The second-order valence-corrected chi connectivity index (χ2v) is 11.7. The first-order valence-corrected chi connectivity index (χ1v) is 14.0. The summed E-state index contributed by atoms with van der Waals surface area (Å²) in [6.07, 6.45) is -0.765. The summed E-state index contributed by atoms with van der Waals surface area (Å²) in [5, 5.41) is 4.94. The molecule has 2 aromatic carbocycles. The Bertz CT molecular complexity index is 1310. The smallest absolute Gasteiger partial charge is 0.422 e. The fraction of sp³-hybridized carbons (Fsp3) is 0.367. The third-order valence-electron chi connectivity index (χ3n) is 4.84. The quantitative estimate of drug-likeness (QED) is 0.207. The Kier molecular flexibility index (Phi) is 12.9. The number of hydrogen-bond donors (Lipinski definition) is 2. The Morgan fingerprint density at radius 2 is 1.35 bits per heavy atom. The predicted molar refractivity (Wildman–Crippen MR) is 168 cm³/mol. The van der Waals surface area contributed by atoms with Crippen molar-refractivity contribution in [2.45, 2.75) is 65.2 Å². The number of rotatable bonds is 8. The second-order valence-electron chi connectivity index (χ2n) is 10.9. The first kappa shape index (κ1) is 35.0. The Morgan fingerprint density at radius 1 is 0.837 bits per heavy atom. The largest absolute Gasteiger partial charge is 0.467 e. The Hall–Kier alpha value is -4.23. The number of nitrogens with one attached hydrogen (secondary N) is 2. The van der Waals surface area contributed by atoms with E-state index in [0.29, 0.717) is 11.5 Å². The van der Waals surface area contributed by atoms with Crippen molar-refractivity contribution in [3.63, 3.8) is 0 Å². The third-order valence-corrected chi connectivity index (χ3v) is 5.30. The van der Waals surface area contributed by atoms with Crippen molar-refractivity contribution < 1.29 is 38.1 Å². The van der Waals surface area contributed by atoms with E-state index in [1.807, 2.05) is 6.07 Å². The maximum absolute atomic E-state index is 13.3. The van der Waals surface area contributed by atoms with Crippen LogP contribution < -0.4 is 20.1 Å². The van der Waals surface area contributed by atoms with Gasteiger partial charge in [-0.15, -0.1) is 0 Å². The SMILES string of the molecule is COC(=O)[C@H](C/C(=C/N(C(=O)OC(C)(C)C)C(=S)Oc1ccccc1)NC(=S)Oc1ccccc1)NC(=O)OC(C)(C)C. The van der Waals surface area contributed by atoms with E-state index in [0.717, 1.165) is 4.90 Å². The Labute approximate surface area is 262 Å². The van der Waals surface area contributed by atoms with Crippen molar-refractivity contribution in [3.05, 3.63) is 72.6 Å². The van der Waals surface area contributed by atoms with Crippen LogP contribution in [-0.4, -0.2) is 57.8 Å². The standard InChI is InChI=1S/C30H37N3O8S2/c1-29(2,3)40-25(35)32-23(24(34)37-7)18-20(31-26(42)38-21-14-10-8-11-15-21)19-33(27(36)41-30(4,5)6)28(43)39-22-16-12-9-13-17-22/h8-17,19,23H,18H2,1-7H3,(H,31,42)(H,32,35)/b20-19-/t23-/m0/s1. The fourth-order valence-electron chi connectivity index (χ4n) is 3.18. The van der Waals surface area contributed by atoms with Crippen molar-refractivity contribution in [1.82, 2.24) is 15.5 Å². The average Bonchev–Trinajstić information content (AvgIpc) is 2.89. The van der Waals surface area contributed by atoms with E-state index in [4.69, 9.17) is 48.1 Å². The molecule has 13 heteroatoms. The zero-order valence-corrected chi connectivity index (χ0v) is 26.8. The van der Waals surface area contributed by atoms with Gasteiger partial charge in [-0.3, -0.25) is 0 Å². The topological polar surface area (TPSA) is 125 Å². The van der Waals surface area contributed by atoms with Crippen LogP contribution in [0.3, 0.4) is 0 Å². The van der Waals surface area contributed by atoms with Crippen LogP contribution in [0.5, 0.6) is 11.5 Å². The molecule has 232 valence electrons. The van der Waals surface area contributed by atoms with Crippen LogP contribution >= 0.6 is 24.4 Å². The van der Waals surface area contributed by atoms with Gasteiger partial charge in [0, 0.05) is 18.3 Å². The number of carbonyl (C=O) groups excluding carboxylic acids is 3. The van der Waals surface area contributed by atoms with Crippen LogP contribution in [-0.2, 0) is 19.0 Å². The molecule has 0 heterocycles. The molecule has 2 rings (SSSR count). The molecule has 1 atom stereocenters. The third kappa shape index (κ3) is 13.5. The van der Waals surface area contributed by atoms with E-state index in [2.05, 4.69) is 10.6 Å². The van der Waals surface area contributed by atoms with Crippen molar-refractivity contribution in [2.24, 2.45) is 0 Å². The van der Waals surface area contributed by atoms with Crippen LogP contribution in [0.2, 0.25) is 0 Å². The number of para-hydroxylation sites is 2. The van der Waals surface area contributed by atoms with Crippen molar-refractivity contribution in [1.29, 1.82) is 0 Å². The van der Waals surface area contributed by atoms with E-state index in [1.165, 1.54) is 13.3 Å². The highest BCUT2D eigenvalue weighted by Gasteiger charge is 2.30. The number of esters is 1. The molecular weight excluding hydrogens is 594 g/mol. The van der Waals surface area contributed by atoms with Crippen LogP contribution in [0.15, 0.2) is 72.6 Å². The molecule has 0 saturated heterocycles. The van der Waals surface area contributed by atoms with E-state index < -0.39 is 35.4 Å². The van der Waals surface area contributed by atoms with Crippen molar-refractivity contribution in [2.75, 3.05) is 7.11 Å². The Balaban J connectivity index is 2.51. The first-order chi connectivity index (χ1) is 20.1. The maximum atomic E-state index is 13.3. The number of carbonyl (C=O) groups is 3. The molecule has 43 heavy (non-hydrogen) atoms. The number of thiocarbonyl (C=S) groups is 2. The van der Waals surface area contributed by atoms with Gasteiger partial charge in [-0.2, -0.15) is 0 Å². The molecule has 2 aromatic rings. The molecular formula is C30H37N3O8S2. The maximum Gasteiger partial charge on any atom is 0.422 e. The van der Waals surface area contributed by atoms with Gasteiger partial charge in [-0.1, -0.05) is 36.4 Å². The highest BCUT2D eigenvalue weighted by atomic mass is 32.1. The minimum atomic E-state index is -1.28. The lowest BCUT2D eigenvalue weighted by Crippen LogP contribution is -2.46. The fourth-order valence-corrected chi connectivity index (χ4v) is 3.63. The molecule has 0 aliphatic heterocycles. The molecule has 0 unspecified atom stereocenters. The lowest BCUT2D eigenvalue weighted by Gasteiger charge is -2.27. The van der Waals surface area contributed by atoms with Gasteiger partial charge in [0.15, 0.2) is 0 Å². The molecule has 0 fully saturated rings. The average molecular weight is 632 g/mol. The molecule has 0 saturated carbocycles. The molecule has 0 spiro atoms. The summed E-state index contributed by atoms with van der Waals surface area (Å²) in [4.78, 5) is 39.6. The van der Waals surface area contributed by atoms with Gasteiger partial charge >= 0.3 is 18.2 Å². The lowest BCUT2D eigenvalue weighted by atomic mass is 10.1. The van der Waals surface area contributed by atoms with E-state index >= 15 is 0 Å². The minimum Gasteiger partial charge on any atom is -0.467 e. The number of hydrogen-bond acceptors (Lipinski definition) is 10.